The maximum absolute atomic E-state index is 9.95. The smallest absolute Gasteiger partial charge is 0.215 e. The SMILES string of the molecule is CS(=O)(=O)N[SH](=O)=O. The molecule has 0 aliphatic heterocycles. The monoisotopic (exact) mass is 159 g/mol. The van der Waals surface area contributed by atoms with Crippen molar-refractivity contribution in [3.63, 3.8) is 0 Å². The standard InChI is InChI=1S/CH5NO4S2/c1-8(5,6)2-7(3)4/h7H,1H3,(H,2,3,4). The van der Waals surface area contributed by atoms with E-state index in [1.807, 2.05) is 0 Å². The average molecular weight is 159 g/mol. The maximum Gasteiger partial charge on any atom is 0.221 e. The van der Waals surface area contributed by atoms with Crippen LogP contribution in [0.1, 0.15) is 0 Å². The zero-order valence-electron chi connectivity index (χ0n) is 3.99. The highest BCUT2D eigenvalue weighted by atomic mass is 32.3. The van der Waals surface area contributed by atoms with Gasteiger partial charge in [-0.1, -0.05) is 0 Å². The fourth-order valence-corrected chi connectivity index (χ4v) is 1.22. The van der Waals surface area contributed by atoms with Gasteiger partial charge in [0.1, 0.15) is 0 Å². The average Bonchev–Trinajstić information content (AvgIpc) is 1.21. The molecular formula is CH5NO4S2. The van der Waals surface area contributed by atoms with Crippen molar-refractivity contribution in [2.24, 2.45) is 0 Å². The van der Waals surface area contributed by atoms with Crippen LogP contribution in [-0.4, -0.2) is 23.1 Å². The lowest BCUT2D eigenvalue weighted by molar-refractivity contribution is 0.590. The van der Waals surface area contributed by atoms with Crippen molar-refractivity contribution in [2.75, 3.05) is 6.26 Å². The first-order valence-electron chi connectivity index (χ1n) is 1.53. The van der Waals surface area contributed by atoms with E-state index in [4.69, 9.17) is 0 Å². The zero-order valence-corrected chi connectivity index (χ0v) is 5.70. The van der Waals surface area contributed by atoms with E-state index in [0.29, 0.717) is 0 Å². The molecule has 0 aliphatic carbocycles. The highest BCUT2D eigenvalue weighted by molar-refractivity contribution is 7.97. The van der Waals surface area contributed by atoms with Crippen molar-refractivity contribution < 1.29 is 16.8 Å². The van der Waals surface area contributed by atoms with Crippen LogP contribution in [0.15, 0.2) is 0 Å². The normalized spacial score (nSPS) is 12.2. The summed E-state index contributed by atoms with van der Waals surface area (Å²) in [5.74, 6) is 0. The van der Waals surface area contributed by atoms with Crippen LogP contribution in [0.5, 0.6) is 0 Å². The first-order chi connectivity index (χ1) is 3.42. The van der Waals surface area contributed by atoms with Gasteiger partial charge in [-0.3, -0.25) is 0 Å². The van der Waals surface area contributed by atoms with E-state index in [-0.39, 0.29) is 0 Å². The van der Waals surface area contributed by atoms with Gasteiger partial charge < -0.3 is 0 Å². The third-order valence-electron chi connectivity index (χ3n) is 0.240. The van der Waals surface area contributed by atoms with Crippen LogP contribution in [0, 0.1) is 0 Å². The molecule has 7 heteroatoms. The summed E-state index contributed by atoms with van der Waals surface area (Å²) in [6.45, 7) is 0. The van der Waals surface area contributed by atoms with Crippen molar-refractivity contribution in [1.82, 2.24) is 4.13 Å². The van der Waals surface area contributed by atoms with Gasteiger partial charge >= 0.3 is 0 Å². The molecule has 0 atom stereocenters. The van der Waals surface area contributed by atoms with Crippen molar-refractivity contribution in [2.45, 2.75) is 0 Å². The molecule has 0 radical (unpaired) electrons. The lowest BCUT2D eigenvalue weighted by Crippen LogP contribution is -2.19. The van der Waals surface area contributed by atoms with Gasteiger partial charge in [-0.25, -0.2) is 16.8 Å². The molecule has 0 rings (SSSR count). The maximum atomic E-state index is 9.95. The third kappa shape index (κ3) is 5.86. The van der Waals surface area contributed by atoms with E-state index >= 15 is 0 Å². The zero-order chi connectivity index (χ0) is 6.78. The Hall–Kier alpha value is -0.140. The molecule has 50 valence electrons. The second-order valence-corrected chi connectivity index (χ2v) is 3.91. The summed E-state index contributed by atoms with van der Waals surface area (Å²) in [5, 5.41) is 0. The number of hydrogen-bond donors (Lipinski definition) is 2. The van der Waals surface area contributed by atoms with E-state index in [1.54, 1.807) is 0 Å². The van der Waals surface area contributed by atoms with Crippen LogP contribution in [0.3, 0.4) is 0 Å². The van der Waals surface area contributed by atoms with E-state index in [2.05, 4.69) is 0 Å². The predicted molar refractivity (Wildman–Crippen MR) is 28.3 cm³/mol. The lowest BCUT2D eigenvalue weighted by Gasteiger charge is -1.85. The molecule has 0 spiro atoms. The Morgan fingerprint density at radius 1 is 1.38 bits per heavy atom. The lowest BCUT2D eigenvalue weighted by atomic mass is 12.0. The summed E-state index contributed by atoms with van der Waals surface area (Å²) >= 11 is 0. The van der Waals surface area contributed by atoms with Gasteiger partial charge in [-0.2, -0.15) is 0 Å². The fourth-order valence-electron chi connectivity index (χ4n) is 0.135. The van der Waals surface area contributed by atoms with Gasteiger partial charge in [0, 0.05) is 0 Å². The van der Waals surface area contributed by atoms with Crippen LogP contribution in [0.4, 0.5) is 0 Å². The highest BCUT2D eigenvalue weighted by Crippen LogP contribution is 1.68. The first-order valence-corrected chi connectivity index (χ1v) is 4.60. The van der Waals surface area contributed by atoms with Crippen molar-refractivity contribution in [3.8, 4) is 0 Å². The topological polar surface area (TPSA) is 80.3 Å². The molecule has 0 heterocycles. The van der Waals surface area contributed by atoms with E-state index in [0.717, 1.165) is 6.26 Å². The molecule has 5 nitrogen and oxygen atoms in total. The fraction of sp³-hybridized carbons (Fsp3) is 1.00. The van der Waals surface area contributed by atoms with Gasteiger partial charge in [0.15, 0.2) is 0 Å². The Morgan fingerprint density at radius 2 is 1.75 bits per heavy atom. The molecule has 0 unspecified atom stereocenters. The Morgan fingerprint density at radius 3 is 1.75 bits per heavy atom. The third-order valence-corrected chi connectivity index (χ3v) is 2.16. The van der Waals surface area contributed by atoms with Gasteiger partial charge in [-0.15, -0.1) is 4.13 Å². The summed E-state index contributed by atoms with van der Waals surface area (Å²) in [4.78, 5) is 0. The minimum Gasteiger partial charge on any atom is -0.215 e. The molecule has 1 N–H and O–H groups in total. The number of sulfonamides is 1. The molecule has 0 amide bonds. The predicted octanol–water partition coefficient (Wildman–Crippen LogP) is -1.94. The van der Waals surface area contributed by atoms with Gasteiger partial charge in [0.05, 0.1) is 6.26 Å². The first kappa shape index (κ1) is 7.86. The molecule has 0 saturated carbocycles. The van der Waals surface area contributed by atoms with Gasteiger partial charge in [0.25, 0.3) is 0 Å². The van der Waals surface area contributed by atoms with Crippen LogP contribution >= 0.6 is 0 Å². The second kappa shape index (κ2) is 2.42. The Labute approximate surface area is 48.8 Å². The van der Waals surface area contributed by atoms with Crippen LogP contribution in [0.25, 0.3) is 0 Å². The molecular weight excluding hydrogens is 154 g/mol. The van der Waals surface area contributed by atoms with Crippen LogP contribution < -0.4 is 4.13 Å². The number of nitrogens with one attached hydrogen (secondary N) is 1. The molecule has 0 aliphatic rings. The van der Waals surface area contributed by atoms with E-state index in [9.17, 15) is 16.8 Å². The quantitative estimate of drug-likeness (QED) is 0.459. The number of rotatable bonds is 2. The summed E-state index contributed by atoms with van der Waals surface area (Å²) < 4.78 is 40.3. The summed E-state index contributed by atoms with van der Waals surface area (Å²) in [5.41, 5.74) is 0. The Kier molecular flexibility index (Phi) is 2.38. The van der Waals surface area contributed by atoms with Gasteiger partial charge in [0.2, 0.25) is 20.9 Å². The largest absolute Gasteiger partial charge is 0.221 e. The second-order valence-electron chi connectivity index (χ2n) is 1.12. The molecule has 0 saturated heterocycles. The number of thiol groups is 1. The number of hydrogen-bond acceptors (Lipinski definition) is 4. The summed E-state index contributed by atoms with van der Waals surface area (Å²) in [7, 11) is -6.60. The molecule has 0 fully saturated rings. The summed E-state index contributed by atoms with van der Waals surface area (Å²) in [6, 6.07) is 0. The van der Waals surface area contributed by atoms with Crippen molar-refractivity contribution >= 4 is 20.9 Å². The van der Waals surface area contributed by atoms with Crippen LogP contribution in [0.2, 0.25) is 0 Å². The molecule has 0 aromatic rings. The van der Waals surface area contributed by atoms with Gasteiger partial charge in [-0.05, 0) is 0 Å². The summed E-state index contributed by atoms with van der Waals surface area (Å²) in [6.07, 6.45) is 0.762. The Balaban J connectivity index is 4.16. The van der Waals surface area contributed by atoms with Crippen molar-refractivity contribution in [1.29, 1.82) is 0 Å². The molecule has 0 aromatic carbocycles. The minimum atomic E-state index is -3.57. The molecule has 8 heavy (non-hydrogen) atoms. The minimum absolute atomic E-state index is 0.762. The van der Waals surface area contributed by atoms with Crippen LogP contribution in [-0.2, 0) is 20.9 Å². The van der Waals surface area contributed by atoms with E-state index in [1.165, 1.54) is 4.13 Å². The van der Waals surface area contributed by atoms with Crippen molar-refractivity contribution in [3.05, 3.63) is 0 Å². The highest BCUT2D eigenvalue weighted by Gasteiger charge is 1.97. The van der Waals surface area contributed by atoms with E-state index < -0.39 is 20.9 Å². The molecule has 0 bridgehead atoms. The Bertz CT molecular complexity index is 214. The molecule has 0 aromatic heterocycles.